The fraction of sp³-hybridized carbons (Fsp3) is 0.455. The Morgan fingerprint density at radius 3 is 2.97 bits per heavy atom. The van der Waals surface area contributed by atoms with Gasteiger partial charge in [-0.05, 0) is 49.5 Å². The second-order valence-corrected chi connectivity index (χ2v) is 8.74. The van der Waals surface area contributed by atoms with E-state index in [2.05, 4.69) is 37.3 Å². The van der Waals surface area contributed by atoms with Gasteiger partial charge in [-0.3, -0.25) is 4.79 Å². The molecule has 1 fully saturated rings. The van der Waals surface area contributed by atoms with Gasteiger partial charge in [-0.2, -0.15) is 4.98 Å². The number of amides is 1. The lowest BCUT2D eigenvalue weighted by Crippen LogP contribution is -2.29. The van der Waals surface area contributed by atoms with Crippen LogP contribution in [0.4, 0.5) is 5.82 Å². The Kier molecular flexibility index (Phi) is 7.26. The van der Waals surface area contributed by atoms with E-state index in [9.17, 15) is 4.79 Å². The van der Waals surface area contributed by atoms with Gasteiger partial charge in [0, 0.05) is 45.2 Å². The van der Waals surface area contributed by atoms with Crippen molar-refractivity contribution in [3.8, 4) is 10.7 Å². The van der Waals surface area contributed by atoms with Crippen molar-refractivity contribution >= 4 is 23.1 Å². The fourth-order valence-electron chi connectivity index (χ4n) is 3.54. The van der Waals surface area contributed by atoms with E-state index < -0.39 is 0 Å². The monoisotopic (exact) mass is 440 g/mol. The number of nitrogens with one attached hydrogen (secondary N) is 1. The number of pyridine rings is 1. The summed E-state index contributed by atoms with van der Waals surface area (Å²) in [6, 6.07) is 8.01. The lowest BCUT2D eigenvalue weighted by atomic mass is 10.2. The molecule has 9 heteroatoms. The Hall–Kier alpha value is -2.78. The van der Waals surface area contributed by atoms with Crippen molar-refractivity contribution in [2.45, 2.75) is 32.2 Å². The van der Waals surface area contributed by atoms with Crippen LogP contribution in [0.25, 0.3) is 10.7 Å². The highest BCUT2D eigenvalue weighted by Gasteiger charge is 2.14. The molecule has 0 unspecified atom stereocenters. The zero-order valence-corrected chi connectivity index (χ0v) is 18.6. The van der Waals surface area contributed by atoms with Crippen LogP contribution >= 0.6 is 11.3 Å². The third kappa shape index (κ3) is 6.11. The maximum Gasteiger partial charge on any atom is 0.226 e. The van der Waals surface area contributed by atoms with Gasteiger partial charge in [-0.25, -0.2) is 4.98 Å². The van der Waals surface area contributed by atoms with E-state index in [1.807, 2.05) is 35.8 Å². The van der Waals surface area contributed by atoms with E-state index in [-0.39, 0.29) is 5.91 Å². The number of aromatic nitrogens is 3. The lowest BCUT2D eigenvalue weighted by Gasteiger charge is -2.21. The normalized spacial score (nSPS) is 15.1. The van der Waals surface area contributed by atoms with Gasteiger partial charge in [0.05, 0.1) is 4.88 Å². The molecule has 0 aromatic carbocycles. The smallest absolute Gasteiger partial charge is 0.226 e. The van der Waals surface area contributed by atoms with Gasteiger partial charge >= 0.3 is 0 Å². The Morgan fingerprint density at radius 1 is 1.23 bits per heavy atom. The number of carbonyl (C=O) groups excluding carboxylic acids is 1. The summed E-state index contributed by atoms with van der Waals surface area (Å²) in [4.78, 5) is 26.8. The third-order valence-corrected chi connectivity index (χ3v) is 6.21. The van der Waals surface area contributed by atoms with Crippen LogP contribution in [-0.4, -0.2) is 59.2 Å². The maximum absolute atomic E-state index is 12.2. The molecule has 1 N–H and O–H groups in total. The highest BCUT2D eigenvalue weighted by molar-refractivity contribution is 7.13. The number of aryl methyl sites for hydroxylation is 1. The number of likely N-dealkylation sites (N-methyl/N-ethyl adjacent to an activating group) is 1. The SMILES string of the molecule is CN1CCCN(c2ccc(CNC(=O)CCCc3nc(-c4cccs4)no3)cn2)CC1. The molecular weight excluding hydrogens is 412 g/mol. The second-order valence-electron chi connectivity index (χ2n) is 7.79. The molecule has 0 aliphatic carbocycles. The molecule has 3 aromatic rings. The van der Waals surface area contributed by atoms with Crippen molar-refractivity contribution in [1.82, 2.24) is 25.3 Å². The van der Waals surface area contributed by atoms with Crippen molar-refractivity contribution in [3.63, 3.8) is 0 Å². The minimum absolute atomic E-state index is 0.0117. The van der Waals surface area contributed by atoms with E-state index in [0.29, 0.717) is 37.5 Å². The molecule has 1 aliphatic heterocycles. The first kappa shape index (κ1) is 21.5. The first-order chi connectivity index (χ1) is 15.2. The van der Waals surface area contributed by atoms with Gasteiger partial charge < -0.3 is 19.6 Å². The number of carbonyl (C=O) groups is 1. The van der Waals surface area contributed by atoms with Crippen molar-refractivity contribution in [2.75, 3.05) is 38.1 Å². The van der Waals surface area contributed by atoms with Crippen molar-refractivity contribution in [3.05, 3.63) is 47.3 Å². The Labute approximate surface area is 186 Å². The number of anilines is 1. The van der Waals surface area contributed by atoms with E-state index in [4.69, 9.17) is 4.52 Å². The third-order valence-electron chi connectivity index (χ3n) is 5.35. The van der Waals surface area contributed by atoms with Crippen molar-refractivity contribution in [1.29, 1.82) is 0 Å². The summed E-state index contributed by atoms with van der Waals surface area (Å²) in [7, 11) is 2.16. The average molecular weight is 441 g/mol. The fourth-order valence-corrected chi connectivity index (χ4v) is 4.18. The van der Waals surface area contributed by atoms with Crippen LogP contribution in [0.3, 0.4) is 0 Å². The molecule has 4 heterocycles. The summed E-state index contributed by atoms with van der Waals surface area (Å²) in [5, 5.41) is 8.94. The van der Waals surface area contributed by atoms with Crippen LogP contribution in [0.15, 0.2) is 40.4 Å². The molecule has 3 aromatic heterocycles. The molecule has 4 rings (SSSR count). The molecule has 164 valence electrons. The van der Waals surface area contributed by atoms with Gasteiger partial charge in [-0.15, -0.1) is 11.3 Å². The number of nitrogens with zero attached hydrogens (tertiary/aromatic N) is 5. The molecular formula is C22H28N6O2S. The molecule has 1 amide bonds. The summed E-state index contributed by atoms with van der Waals surface area (Å²) in [5.74, 6) is 2.19. The summed E-state index contributed by atoms with van der Waals surface area (Å²) in [5.41, 5.74) is 1.00. The summed E-state index contributed by atoms with van der Waals surface area (Å²) < 4.78 is 5.27. The molecule has 1 aliphatic rings. The molecule has 8 nitrogen and oxygen atoms in total. The first-order valence-electron chi connectivity index (χ1n) is 10.7. The first-order valence-corrected chi connectivity index (χ1v) is 11.6. The maximum atomic E-state index is 12.2. The molecule has 0 atom stereocenters. The topological polar surface area (TPSA) is 87.4 Å². The summed E-state index contributed by atoms with van der Waals surface area (Å²) >= 11 is 1.57. The highest BCUT2D eigenvalue weighted by Crippen LogP contribution is 2.21. The summed E-state index contributed by atoms with van der Waals surface area (Å²) in [6.45, 7) is 4.69. The van der Waals surface area contributed by atoms with E-state index in [1.165, 1.54) is 0 Å². The summed E-state index contributed by atoms with van der Waals surface area (Å²) in [6.07, 6.45) is 4.68. The van der Waals surface area contributed by atoms with E-state index in [1.54, 1.807) is 11.3 Å². The molecule has 0 spiro atoms. The zero-order valence-electron chi connectivity index (χ0n) is 17.8. The van der Waals surface area contributed by atoms with Crippen LogP contribution in [-0.2, 0) is 17.8 Å². The largest absolute Gasteiger partial charge is 0.355 e. The highest BCUT2D eigenvalue weighted by atomic mass is 32.1. The average Bonchev–Trinajstić information content (AvgIpc) is 3.43. The Morgan fingerprint density at radius 2 is 2.16 bits per heavy atom. The predicted molar refractivity (Wildman–Crippen MR) is 121 cm³/mol. The van der Waals surface area contributed by atoms with Gasteiger partial charge in [0.25, 0.3) is 0 Å². The molecule has 0 radical (unpaired) electrons. The molecule has 0 saturated carbocycles. The number of hydrogen-bond acceptors (Lipinski definition) is 8. The minimum atomic E-state index is 0.0117. The Bertz CT molecular complexity index is 957. The van der Waals surface area contributed by atoms with E-state index in [0.717, 1.165) is 48.9 Å². The van der Waals surface area contributed by atoms with Crippen molar-refractivity contribution in [2.24, 2.45) is 0 Å². The van der Waals surface area contributed by atoms with Gasteiger partial charge in [0.2, 0.25) is 17.6 Å². The second kappa shape index (κ2) is 10.5. The van der Waals surface area contributed by atoms with Crippen LogP contribution in [0.5, 0.6) is 0 Å². The number of hydrogen-bond donors (Lipinski definition) is 1. The lowest BCUT2D eigenvalue weighted by molar-refractivity contribution is -0.121. The molecule has 31 heavy (non-hydrogen) atoms. The molecule has 1 saturated heterocycles. The van der Waals surface area contributed by atoms with E-state index >= 15 is 0 Å². The van der Waals surface area contributed by atoms with Crippen molar-refractivity contribution < 1.29 is 9.32 Å². The van der Waals surface area contributed by atoms with Crippen LogP contribution in [0.2, 0.25) is 0 Å². The Balaban J connectivity index is 1.17. The van der Waals surface area contributed by atoms with Crippen LogP contribution in [0, 0.1) is 0 Å². The zero-order chi connectivity index (χ0) is 21.5. The van der Waals surface area contributed by atoms with Crippen LogP contribution < -0.4 is 10.2 Å². The van der Waals surface area contributed by atoms with Crippen LogP contribution in [0.1, 0.15) is 30.7 Å². The predicted octanol–water partition coefficient (Wildman–Crippen LogP) is 2.97. The minimum Gasteiger partial charge on any atom is -0.355 e. The van der Waals surface area contributed by atoms with Gasteiger partial charge in [-0.1, -0.05) is 17.3 Å². The van der Waals surface area contributed by atoms with Gasteiger partial charge in [0.15, 0.2) is 0 Å². The number of thiophene rings is 1. The quantitative estimate of drug-likeness (QED) is 0.576. The standard InChI is InChI=1S/C22H28N6O2S/c1-27-10-4-11-28(13-12-27)19-9-8-17(15-23-19)16-24-20(29)6-2-7-21-25-22(26-30-21)18-5-3-14-31-18/h3,5,8-9,14-15H,2,4,6-7,10-13,16H2,1H3,(H,24,29). The number of rotatable bonds is 8. The van der Waals surface area contributed by atoms with Gasteiger partial charge in [0.1, 0.15) is 5.82 Å². The molecule has 0 bridgehead atoms.